The molecule has 6 rings (SSSR count). The Balaban J connectivity index is 1.51. The Labute approximate surface area is 152 Å². The van der Waals surface area contributed by atoms with Gasteiger partial charge in [0.1, 0.15) is 11.5 Å². The first-order chi connectivity index (χ1) is 12.6. The van der Waals surface area contributed by atoms with E-state index in [1.165, 1.54) is 18.9 Å². The molecule has 1 aromatic heterocycles. The van der Waals surface area contributed by atoms with Crippen LogP contribution in [0, 0.1) is 24.5 Å². The Morgan fingerprint density at radius 1 is 1.08 bits per heavy atom. The number of hydrogen-bond donors (Lipinski definition) is 0. The van der Waals surface area contributed by atoms with Gasteiger partial charge in [-0.25, -0.2) is 8.78 Å². The van der Waals surface area contributed by atoms with Gasteiger partial charge in [0.05, 0.1) is 6.54 Å². The van der Waals surface area contributed by atoms with Gasteiger partial charge >= 0.3 is 0 Å². The Bertz CT molecular complexity index is 812. The van der Waals surface area contributed by atoms with Crippen molar-refractivity contribution in [3.05, 3.63) is 59.1 Å². The third kappa shape index (κ3) is 2.52. The Morgan fingerprint density at radius 2 is 1.88 bits per heavy atom. The highest BCUT2D eigenvalue weighted by atomic mass is 19.2. The molecule has 4 saturated heterocycles. The number of nitrogens with zero attached hydrogens (tertiary/aromatic N) is 2. The molecule has 1 aromatic carbocycles. The average molecular weight is 358 g/mol. The molecule has 5 heterocycles. The van der Waals surface area contributed by atoms with Gasteiger partial charge in [-0.05, 0) is 62.5 Å². The fourth-order valence-corrected chi connectivity index (χ4v) is 5.57. The lowest BCUT2D eigenvalue weighted by Crippen LogP contribution is -2.60. The zero-order valence-electron chi connectivity index (χ0n) is 15.0. The minimum Gasteiger partial charge on any atom is -0.465 e. The van der Waals surface area contributed by atoms with E-state index in [2.05, 4.69) is 9.80 Å². The van der Waals surface area contributed by atoms with Crippen molar-refractivity contribution < 1.29 is 13.2 Å². The average Bonchev–Trinajstić information content (AvgIpc) is 3.24. The van der Waals surface area contributed by atoms with E-state index in [0.717, 1.165) is 37.7 Å². The molecular weight excluding hydrogens is 334 g/mol. The van der Waals surface area contributed by atoms with Crippen molar-refractivity contribution in [1.82, 2.24) is 9.80 Å². The molecule has 4 aliphatic rings. The summed E-state index contributed by atoms with van der Waals surface area (Å²) in [5, 5.41) is 0. The van der Waals surface area contributed by atoms with E-state index in [4.69, 9.17) is 4.42 Å². The van der Waals surface area contributed by atoms with Crippen LogP contribution in [0.4, 0.5) is 8.78 Å². The first-order valence-electron chi connectivity index (χ1n) is 9.59. The second kappa shape index (κ2) is 6.17. The zero-order valence-corrected chi connectivity index (χ0v) is 15.0. The first-order valence-corrected chi connectivity index (χ1v) is 9.59. The highest BCUT2D eigenvalue weighted by Gasteiger charge is 2.53. The van der Waals surface area contributed by atoms with Crippen LogP contribution in [0.15, 0.2) is 34.7 Å². The van der Waals surface area contributed by atoms with Gasteiger partial charge < -0.3 is 4.42 Å². The zero-order chi connectivity index (χ0) is 17.8. The van der Waals surface area contributed by atoms with Gasteiger partial charge in [0.25, 0.3) is 0 Å². The molecule has 0 amide bonds. The quantitative estimate of drug-likeness (QED) is 0.829. The van der Waals surface area contributed by atoms with Gasteiger partial charge in [-0.1, -0.05) is 12.1 Å². The molecule has 3 atom stereocenters. The lowest BCUT2D eigenvalue weighted by molar-refractivity contribution is -0.0104. The van der Waals surface area contributed by atoms with E-state index in [-0.39, 0.29) is 12.0 Å². The number of benzene rings is 1. The molecule has 4 fully saturated rings. The monoisotopic (exact) mass is 358 g/mol. The highest BCUT2D eigenvalue weighted by Crippen LogP contribution is 2.47. The standard InChI is InChI=1S/C21H24F2N2O/c1-13-5-6-15(26-13)11-25-12-17(16-3-2-4-18(22)19(16)23)21-20(25)14-7-9-24(21)10-8-14/h2-6,14,17,20-21H,7-12H2,1H3/t17-,20+,21+/m1/s1. The van der Waals surface area contributed by atoms with Crippen molar-refractivity contribution >= 4 is 0 Å². The Kier molecular flexibility index (Phi) is 3.90. The van der Waals surface area contributed by atoms with Gasteiger partial charge in [-0.2, -0.15) is 0 Å². The number of rotatable bonds is 3. The molecule has 138 valence electrons. The van der Waals surface area contributed by atoms with E-state index in [0.29, 0.717) is 17.5 Å². The van der Waals surface area contributed by atoms with Crippen molar-refractivity contribution in [3.63, 3.8) is 0 Å². The summed E-state index contributed by atoms with van der Waals surface area (Å²) in [7, 11) is 0. The number of fused-ring (bicyclic) bond motifs is 2. The number of piperidine rings is 3. The fraction of sp³-hybridized carbons (Fsp3) is 0.524. The molecule has 0 radical (unpaired) electrons. The summed E-state index contributed by atoms with van der Waals surface area (Å²) in [5.41, 5.74) is 0.533. The summed E-state index contributed by atoms with van der Waals surface area (Å²) in [4.78, 5) is 4.96. The smallest absolute Gasteiger partial charge is 0.162 e. The molecule has 5 heteroatoms. The first kappa shape index (κ1) is 16.5. The summed E-state index contributed by atoms with van der Waals surface area (Å²) >= 11 is 0. The molecule has 2 aromatic rings. The lowest BCUT2D eigenvalue weighted by Gasteiger charge is -2.51. The van der Waals surface area contributed by atoms with Gasteiger partial charge in [0.2, 0.25) is 0 Å². The summed E-state index contributed by atoms with van der Waals surface area (Å²) in [6, 6.07) is 9.31. The summed E-state index contributed by atoms with van der Waals surface area (Å²) in [6.45, 7) is 5.60. The third-order valence-corrected chi connectivity index (χ3v) is 6.63. The number of halogens is 2. The third-order valence-electron chi connectivity index (χ3n) is 6.63. The largest absolute Gasteiger partial charge is 0.465 e. The predicted octanol–water partition coefficient (Wildman–Crippen LogP) is 3.93. The van der Waals surface area contributed by atoms with Crippen molar-refractivity contribution in [2.75, 3.05) is 19.6 Å². The van der Waals surface area contributed by atoms with E-state index in [9.17, 15) is 8.78 Å². The van der Waals surface area contributed by atoms with Crippen LogP contribution >= 0.6 is 0 Å². The molecule has 4 aliphatic heterocycles. The van der Waals surface area contributed by atoms with Gasteiger partial charge in [-0.15, -0.1) is 0 Å². The van der Waals surface area contributed by atoms with Crippen LogP contribution in [-0.2, 0) is 6.54 Å². The molecule has 0 unspecified atom stereocenters. The number of aryl methyl sites for hydroxylation is 1. The molecule has 0 N–H and O–H groups in total. The predicted molar refractivity (Wildman–Crippen MR) is 94.8 cm³/mol. The maximum absolute atomic E-state index is 14.6. The molecule has 0 saturated carbocycles. The Hall–Kier alpha value is -1.72. The summed E-state index contributed by atoms with van der Waals surface area (Å²) in [6.07, 6.45) is 2.40. The van der Waals surface area contributed by atoms with Gasteiger partial charge in [0, 0.05) is 24.5 Å². The van der Waals surface area contributed by atoms with Crippen molar-refractivity contribution in [3.8, 4) is 0 Å². The van der Waals surface area contributed by atoms with Crippen LogP contribution in [-0.4, -0.2) is 41.5 Å². The van der Waals surface area contributed by atoms with Gasteiger partial charge in [-0.3, -0.25) is 9.80 Å². The number of furan rings is 1. The molecular formula is C21H24F2N2O. The minimum absolute atomic E-state index is 0.00913. The molecule has 2 bridgehead atoms. The van der Waals surface area contributed by atoms with Crippen molar-refractivity contribution in [2.45, 2.75) is 44.3 Å². The van der Waals surface area contributed by atoms with Crippen LogP contribution in [0.2, 0.25) is 0 Å². The maximum atomic E-state index is 14.6. The Morgan fingerprint density at radius 3 is 2.62 bits per heavy atom. The normalized spacial score (nSPS) is 33.6. The van der Waals surface area contributed by atoms with E-state index in [1.54, 1.807) is 12.1 Å². The molecule has 0 aliphatic carbocycles. The second-order valence-corrected chi connectivity index (χ2v) is 8.05. The number of likely N-dealkylation sites (tertiary alicyclic amines) is 1. The second-order valence-electron chi connectivity index (χ2n) is 8.05. The maximum Gasteiger partial charge on any atom is 0.162 e. The highest BCUT2D eigenvalue weighted by molar-refractivity contribution is 5.29. The van der Waals surface area contributed by atoms with E-state index >= 15 is 0 Å². The minimum atomic E-state index is -0.741. The molecule has 0 spiro atoms. The van der Waals surface area contributed by atoms with Crippen molar-refractivity contribution in [2.24, 2.45) is 5.92 Å². The van der Waals surface area contributed by atoms with Crippen LogP contribution in [0.5, 0.6) is 0 Å². The SMILES string of the molecule is Cc1ccc(CN2C[C@H](c3cccc(F)c3F)[C@H]3[C@@H]2C2CCN3CC2)o1. The lowest BCUT2D eigenvalue weighted by atomic mass is 9.75. The topological polar surface area (TPSA) is 19.6 Å². The van der Waals surface area contributed by atoms with E-state index in [1.807, 2.05) is 19.1 Å². The summed E-state index contributed by atoms with van der Waals surface area (Å²) in [5.74, 6) is 1.11. The molecule has 26 heavy (non-hydrogen) atoms. The molecule has 3 nitrogen and oxygen atoms in total. The van der Waals surface area contributed by atoms with Crippen molar-refractivity contribution in [1.29, 1.82) is 0 Å². The van der Waals surface area contributed by atoms with Crippen LogP contribution in [0.25, 0.3) is 0 Å². The number of hydrogen-bond acceptors (Lipinski definition) is 3. The van der Waals surface area contributed by atoms with Crippen LogP contribution < -0.4 is 0 Å². The van der Waals surface area contributed by atoms with E-state index < -0.39 is 11.6 Å². The fourth-order valence-electron chi connectivity index (χ4n) is 5.57. The van der Waals surface area contributed by atoms with Crippen LogP contribution in [0.1, 0.15) is 35.8 Å². The van der Waals surface area contributed by atoms with Crippen LogP contribution in [0.3, 0.4) is 0 Å². The van der Waals surface area contributed by atoms with Gasteiger partial charge in [0.15, 0.2) is 11.6 Å². The summed E-state index contributed by atoms with van der Waals surface area (Å²) < 4.78 is 34.3.